The van der Waals surface area contributed by atoms with E-state index >= 15 is 0 Å². The molecule has 0 aromatic heterocycles. The van der Waals surface area contributed by atoms with Crippen LogP contribution in [0, 0.1) is 17.8 Å². The molecule has 70 valence electrons. The van der Waals surface area contributed by atoms with Crippen LogP contribution in [0.1, 0.15) is 39.5 Å². The Morgan fingerprint density at radius 3 is 2.67 bits per heavy atom. The molecule has 1 nitrogen and oxygen atoms in total. The Labute approximate surface area is 75.5 Å². The van der Waals surface area contributed by atoms with Crippen LogP contribution in [0.15, 0.2) is 0 Å². The van der Waals surface area contributed by atoms with E-state index < -0.39 is 0 Å². The highest BCUT2D eigenvalue weighted by Gasteiger charge is 2.33. The Morgan fingerprint density at radius 1 is 1.00 bits per heavy atom. The third kappa shape index (κ3) is 1.66. The molecule has 2 aliphatic rings. The monoisotopic (exact) mass is 168 g/mol. The zero-order valence-electron chi connectivity index (χ0n) is 8.25. The predicted octanol–water partition coefficient (Wildman–Crippen LogP) is 2.85. The Kier molecular flexibility index (Phi) is 2.40. The summed E-state index contributed by atoms with van der Waals surface area (Å²) in [5, 5.41) is 0. The van der Waals surface area contributed by atoms with Crippen molar-refractivity contribution in [3.05, 3.63) is 0 Å². The van der Waals surface area contributed by atoms with Crippen molar-refractivity contribution in [3.8, 4) is 0 Å². The van der Waals surface area contributed by atoms with Crippen molar-refractivity contribution in [1.29, 1.82) is 0 Å². The van der Waals surface area contributed by atoms with Gasteiger partial charge in [0.15, 0.2) is 0 Å². The molecule has 1 aliphatic carbocycles. The van der Waals surface area contributed by atoms with Crippen LogP contribution in [0.5, 0.6) is 0 Å². The second-order valence-electron chi connectivity index (χ2n) is 4.89. The Balaban J connectivity index is 1.94. The van der Waals surface area contributed by atoms with E-state index in [-0.39, 0.29) is 0 Å². The topological polar surface area (TPSA) is 9.23 Å². The van der Waals surface area contributed by atoms with Crippen molar-refractivity contribution in [2.45, 2.75) is 45.6 Å². The largest absolute Gasteiger partial charge is 0.378 e. The van der Waals surface area contributed by atoms with E-state index in [0.717, 1.165) is 24.4 Å². The first kappa shape index (κ1) is 8.55. The lowest BCUT2D eigenvalue weighted by Gasteiger charge is -2.40. The smallest absolute Gasteiger partial charge is 0.0606 e. The van der Waals surface area contributed by atoms with Gasteiger partial charge in [-0.15, -0.1) is 0 Å². The van der Waals surface area contributed by atoms with Gasteiger partial charge in [0, 0.05) is 6.61 Å². The number of hydrogen-bond donors (Lipinski definition) is 0. The Morgan fingerprint density at radius 2 is 1.83 bits per heavy atom. The molecule has 0 radical (unpaired) electrons. The minimum Gasteiger partial charge on any atom is -0.378 e. The molecule has 0 bridgehead atoms. The maximum absolute atomic E-state index is 5.86. The van der Waals surface area contributed by atoms with Crippen molar-refractivity contribution < 1.29 is 4.74 Å². The molecule has 12 heavy (non-hydrogen) atoms. The van der Waals surface area contributed by atoms with Crippen molar-refractivity contribution in [3.63, 3.8) is 0 Å². The van der Waals surface area contributed by atoms with E-state index in [1.54, 1.807) is 0 Å². The summed E-state index contributed by atoms with van der Waals surface area (Å²) in [6, 6.07) is 0. The number of ether oxygens (including phenoxy) is 1. The van der Waals surface area contributed by atoms with Gasteiger partial charge in [0.05, 0.1) is 6.10 Å². The first-order valence-corrected chi connectivity index (χ1v) is 5.37. The molecular formula is C11H20O. The van der Waals surface area contributed by atoms with Crippen LogP contribution in [0.25, 0.3) is 0 Å². The van der Waals surface area contributed by atoms with Gasteiger partial charge in [0.1, 0.15) is 0 Å². The van der Waals surface area contributed by atoms with Gasteiger partial charge in [0.2, 0.25) is 0 Å². The summed E-state index contributed by atoms with van der Waals surface area (Å²) in [5.74, 6) is 2.60. The van der Waals surface area contributed by atoms with E-state index in [1.165, 1.54) is 25.7 Å². The van der Waals surface area contributed by atoms with E-state index in [2.05, 4.69) is 13.8 Å². The lowest BCUT2D eigenvalue weighted by molar-refractivity contribution is -0.0799. The zero-order valence-corrected chi connectivity index (χ0v) is 8.25. The highest BCUT2D eigenvalue weighted by atomic mass is 16.5. The van der Waals surface area contributed by atoms with E-state index in [1.807, 2.05) is 0 Å². The van der Waals surface area contributed by atoms with Gasteiger partial charge in [0.25, 0.3) is 0 Å². The summed E-state index contributed by atoms with van der Waals surface area (Å²) >= 11 is 0. The normalized spacial score (nSPS) is 48.5. The average molecular weight is 168 g/mol. The summed E-state index contributed by atoms with van der Waals surface area (Å²) in [5.41, 5.74) is 0. The molecule has 1 saturated carbocycles. The summed E-state index contributed by atoms with van der Waals surface area (Å²) in [6.45, 7) is 5.68. The van der Waals surface area contributed by atoms with E-state index in [4.69, 9.17) is 4.74 Å². The summed E-state index contributed by atoms with van der Waals surface area (Å²) in [7, 11) is 0. The second-order valence-corrected chi connectivity index (χ2v) is 4.89. The van der Waals surface area contributed by atoms with Gasteiger partial charge >= 0.3 is 0 Å². The fraction of sp³-hybridized carbons (Fsp3) is 1.00. The van der Waals surface area contributed by atoms with Crippen LogP contribution in [0.3, 0.4) is 0 Å². The minimum atomic E-state index is 0.616. The molecule has 4 atom stereocenters. The average Bonchev–Trinajstić information content (AvgIpc) is 2.05. The highest BCUT2D eigenvalue weighted by molar-refractivity contribution is 4.83. The lowest BCUT2D eigenvalue weighted by Crippen LogP contribution is -2.37. The summed E-state index contributed by atoms with van der Waals surface area (Å²) in [6.07, 6.45) is 6.19. The third-order valence-corrected chi connectivity index (χ3v) is 3.49. The first-order chi connectivity index (χ1) is 5.75. The zero-order chi connectivity index (χ0) is 8.55. The minimum absolute atomic E-state index is 0.616. The quantitative estimate of drug-likeness (QED) is 0.540. The lowest BCUT2D eigenvalue weighted by atomic mass is 9.75. The molecule has 1 heteroatoms. The van der Waals surface area contributed by atoms with E-state index in [9.17, 15) is 0 Å². The number of rotatable bonds is 0. The molecule has 2 fully saturated rings. The molecule has 0 aromatic carbocycles. The van der Waals surface area contributed by atoms with Gasteiger partial charge in [-0.3, -0.25) is 0 Å². The summed E-state index contributed by atoms with van der Waals surface area (Å²) in [4.78, 5) is 0. The molecule has 1 aliphatic heterocycles. The fourth-order valence-corrected chi connectivity index (χ4v) is 2.74. The maximum Gasteiger partial charge on any atom is 0.0606 e. The fourth-order valence-electron chi connectivity index (χ4n) is 2.74. The van der Waals surface area contributed by atoms with Gasteiger partial charge < -0.3 is 4.74 Å². The molecule has 4 unspecified atom stereocenters. The van der Waals surface area contributed by atoms with Crippen molar-refractivity contribution in [2.75, 3.05) is 6.61 Å². The molecule has 1 saturated heterocycles. The second kappa shape index (κ2) is 3.37. The van der Waals surface area contributed by atoms with Crippen molar-refractivity contribution in [2.24, 2.45) is 17.8 Å². The highest BCUT2D eigenvalue weighted by Crippen LogP contribution is 2.37. The molecule has 0 N–H and O–H groups in total. The standard InChI is InChI=1S/C11H20O/c1-8-3-4-10-5-9(2)7-12-11(10)6-8/h8-11H,3-7H2,1-2H3. The van der Waals surface area contributed by atoms with Gasteiger partial charge in [-0.1, -0.05) is 20.3 Å². The van der Waals surface area contributed by atoms with Gasteiger partial charge in [-0.05, 0) is 37.0 Å². The van der Waals surface area contributed by atoms with Crippen LogP contribution in [0.4, 0.5) is 0 Å². The summed E-state index contributed by atoms with van der Waals surface area (Å²) < 4.78 is 5.86. The number of fused-ring (bicyclic) bond motifs is 1. The first-order valence-electron chi connectivity index (χ1n) is 5.37. The molecule has 0 amide bonds. The predicted molar refractivity (Wildman–Crippen MR) is 50.0 cm³/mol. The van der Waals surface area contributed by atoms with Crippen LogP contribution in [0.2, 0.25) is 0 Å². The molecular weight excluding hydrogens is 148 g/mol. The van der Waals surface area contributed by atoms with Crippen LogP contribution in [-0.4, -0.2) is 12.7 Å². The van der Waals surface area contributed by atoms with Crippen LogP contribution < -0.4 is 0 Å². The Hall–Kier alpha value is -0.0400. The van der Waals surface area contributed by atoms with Crippen LogP contribution in [-0.2, 0) is 4.74 Å². The molecule has 1 heterocycles. The van der Waals surface area contributed by atoms with E-state index in [0.29, 0.717) is 6.10 Å². The van der Waals surface area contributed by atoms with Gasteiger partial charge in [-0.2, -0.15) is 0 Å². The Bertz CT molecular complexity index is 137. The van der Waals surface area contributed by atoms with Crippen molar-refractivity contribution in [1.82, 2.24) is 0 Å². The number of hydrogen-bond acceptors (Lipinski definition) is 1. The third-order valence-electron chi connectivity index (χ3n) is 3.49. The van der Waals surface area contributed by atoms with Gasteiger partial charge in [-0.25, -0.2) is 0 Å². The molecule has 0 aromatic rings. The van der Waals surface area contributed by atoms with Crippen LogP contribution >= 0.6 is 0 Å². The molecule has 2 rings (SSSR count). The van der Waals surface area contributed by atoms with Crippen molar-refractivity contribution >= 4 is 0 Å². The SMILES string of the molecule is CC1COC2CC(C)CCC2C1. The molecule has 0 spiro atoms. The maximum atomic E-state index is 5.86.